The number of H-pyrrole nitrogens is 1. The summed E-state index contributed by atoms with van der Waals surface area (Å²) in [5.41, 5.74) is 1.53. The number of nitrogens with zero attached hydrogens (tertiary/aromatic N) is 4. The molecular weight excluding hydrogens is 528 g/mol. The molecule has 2 aromatic carbocycles. The molecule has 0 fully saturated rings. The minimum Gasteiger partial charge on any atom is -0.306 e. The maximum absolute atomic E-state index is 13.2. The second kappa shape index (κ2) is 10.4. The van der Waals surface area contributed by atoms with Crippen LogP contribution in [0.2, 0.25) is 5.02 Å². The third kappa shape index (κ3) is 5.10. The number of carbonyl (C=O) groups excluding carboxylic acids is 1. The van der Waals surface area contributed by atoms with Gasteiger partial charge in [-0.25, -0.2) is 4.98 Å². The predicted octanol–water partition coefficient (Wildman–Crippen LogP) is 5.40. The van der Waals surface area contributed by atoms with Gasteiger partial charge in [-0.15, -0.1) is 11.3 Å². The molecule has 5 rings (SSSR count). The highest BCUT2D eigenvalue weighted by Gasteiger charge is 2.24. The maximum Gasteiger partial charge on any atom is 0.282 e. The number of aromatic nitrogens is 4. The van der Waals surface area contributed by atoms with Crippen LogP contribution in [0.1, 0.15) is 27.2 Å². The van der Waals surface area contributed by atoms with Crippen LogP contribution in [0.15, 0.2) is 76.9 Å². The molecule has 3 heterocycles. The second-order valence-corrected chi connectivity index (χ2v) is 9.68. The largest absolute Gasteiger partial charge is 0.306 e. The van der Waals surface area contributed by atoms with Crippen molar-refractivity contribution in [2.45, 2.75) is 13.3 Å². The molecule has 38 heavy (non-hydrogen) atoms. The lowest BCUT2D eigenvalue weighted by atomic mass is 10.1. The molecule has 0 spiro atoms. The molecule has 0 saturated carbocycles. The summed E-state index contributed by atoms with van der Waals surface area (Å²) >= 11 is 7.45. The Balaban J connectivity index is 1.56. The SMILES string of the molecule is Cc1nc(-n2nc(-c3cccs3)cc2NC(=O)c2cc(Cl)ccc2[N+](=O)[O-])[nH]c(=O)c1Cc1ccccc1. The van der Waals surface area contributed by atoms with Gasteiger partial charge in [0, 0.05) is 29.1 Å². The molecule has 10 nitrogen and oxygen atoms in total. The summed E-state index contributed by atoms with van der Waals surface area (Å²) in [7, 11) is 0. The lowest BCUT2D eigenvalue weighted by Gasteiger charge is -2.11. The molecular formula is C26H19ClN6O4S. The molecule has 190 valence electrons. The fourth-order valence-corrected chi connectivity index (χ4v) is 4.77. The smallest absolute Gasteiger partial charge is 0.282 e. The Morgan fingerprint density at radius 3 is 2.63 bits per heavy atom. The van der Waals surface area contributed by atoms with E-state index in [4.69, 9.17) is 11.6 Å². The summed E-state index contributed by atoms with van der Waals surface area (Å²) in [6.45, 7) is 1.73. The quantitative estimate of drug-likeness (QED) is 0.207. The average Bonchev–Trinajstić information content (AvgIpc) is 3.57. The summed E-state index contributed by atoms with van der Waals surface area (Å²) in [6.07, 6.45) is 0.400. The molecule has 3 aromatic heterocycles. The fraction of sp³-hybridized carbons (Fsp3) is 0.0769. The second-order valence-electron chi connectivity index (χ2n) is 8.29. The van der Waals surface area contributed by atoms with Crippen molar-refractivity contribution >= 4 is 40.4 Å². The Hall–Kier alpha value is -4.61. The Bertz CT molecular complexity index is 1710. The van der Waals surface area contributed by atoms with Crippen LogP contribution >= 0.6 is 22.9 Å². The first kappa shape index (κ1) is 25.1. The van der Waals surface area contributed by atoms with Gasteiger partial charge in [-0.1, -0.05) is 48.0 Å². The predicted molar refractivity (Wildman–Crippen MR) is 145 cm³/mol. The number of amides is 1. The van der Waals surface area contributed by atoms with Gasteiger partial charge in [-0.05, 0) is 36.1 Å². The van der Waals surface area contributed by atoms with Gasteiger partial charge >= 0.3 is 0 Å². The number of hydrogen-bond acceptors (Lipinski definition) is 7. The van der Waals surface area contributed by atoms with Crippen molar-refractivity contribution < 1.29 is 9.72 Å². The van der Waals surface area contributed by atoms with Crippen molar-refractivity contribution in [3.63, 3.8) is 0 Å². The van der Waals surface area contributed by atoms with Gasteiger partial charge in [-0.3, -0.25) is 24.7 Å². The van der Waals surface area contributed by atoms with Crippen LogP contribution < -0.4 is 10.9 Å². The highest BCUT2D eigenvalue weighted by molar-refractivity contribution is 7.13. The number of carbonyl (C=O) groups is 1. The Kier molecular flexibility index (Phi) is 6.86. The average molecular weight is 547 g/mol. The molecule has 12 heteroatoms. The number of halogens is 1. The number of nitro groups is 1. The summed E-state index contributed by atoms with van der Waals surface area (Å²) < 4.78 is 1.30. The number of rotatable bonds is 7. The van der Waals surface area contributed by atoms with Gasteiger partial charge in [0.05, 0.1) is 15.5 Å². The summed E-state index contributed by atoms with van der Waals surface area (Å²) in [5, 5.41) is 20.8. The first-order chi connectivity index (χ1) is 18.3. The Labute approximate surface area is 224 Å². The molecule has 0 aliphatic heterocycles. The number of nitrogens with one attached hydrogen (secondary N) is 2. The molecule has 1 amide bonds. The molecule has 0 bridgehead atoms. The van der Waals surface area contributed by atoms with Crippen molar-refractivity contribution in [1.29, 1.82) is 0 Å². The van der Waals surface area contributed by atoms with E-state index >= 15 is 0 Å². The molecule has 0 aliphatic carbocycles. The van der Waals surface area contributed by atoms with Gasteiger partial charge in [0.25, 0.3) is 17.2 Å². The van der Waals surface area contributed by atoms with Crippen molar-refractivity contribution in [2.75, 3.05) is 5.32 Å². The van der Waals surface area contributed by atoms with Crippen LogP contribution in [0.5, 0.6) is 0 Å². The van der Waals surface area contributed by atoms with E-state index in [9.17, 15) is 19.7 Å². The highest BCUT2D eigenvalue weighted by Crippen LogP contribution is 2.29. The Morgan fingerprint density at radius 1 is 1.16 bits per heavy atom. The molecule has 0 aliphatic rings. The number of aromatic amines is 1. The standard InChI is InChI=1S/C26H19ClN6O4S/c1-15-18(12-16-6-3-2-4-7-16)24(34)30-26(28-15)32-23(14-20(31-32)22-8-5-11-38-22)29-25(35)19-13-17(27)9-10-21(19)33(36)37/h2-11,13-14H,12H2,1H3,(H,29,35)(H,28,30,34). The van der Waals surface area contributed by atoms with Crippen LogP contribution in [0.3, 0.4) is 0 Å². The molecule has 0 unspecified atom stereocenters. The van der Waals surface area contributed by atoms with Crippen LogP contribution in [-0.4, -0.2) is 30.6 Å². The maximum atomic E-state index is 13.2. The zero-order valence-corrected chi connectivity index (χ0v) is 21.4. The van der Waals surface area contributed by atoms with E-state index in [1.165, 1.54) is 34.2 Å². The van der Waals surface area contributed by atoms with Crippen molar-refractivity contribution in [3.05, 3.63) is 120 Å². The number of aryl methyl sites for hydroxylation is 1. The highest BCUT2D eigenvalue weighted by atomic mass is 35.5. The number of benzene rings is 2. The minimum atomic E-state index is -0.766. The Morgan fingerprint density at radius 2 is 1.95 bits per heavy atom. The first-order valence-electron chi connectivity index (χ1n) is 11.3. The third-order valence-corrected chi connectivity index (χ3v) is 6.89. The molecule has 0 saturated heterocycles. The van der Waals surface area contributed by atoms with Crippen LogP contribution in [0, 0.1) is 17.0 Å². The number of anilines is 1. The summed E-state index contributed by atoms with van der Waals surface area (Å²) in [4.78, 5) is 45.2. The van der Waals surface area contributed by atoms with Gasteiger partial charge in [0.1, 0.15) is 17.1 Å². The van der Waals surface area contributed by atoms with Crippen molar-refractivity contribution in [3.8, 4) is 16.5 Å². The van der Waals surface area contributed by atoms with E-state index in [1.807, 2.05) is 47.8 Å². The molecule has 0 atom stereocenters. The number of nitro benzene ring substituents is 1. The number of hydrogen-bond donors (Lipinski definition) is 2. The van der Waals surface area contributed by atoms with E-state index in [1.54, 1.807) is 13.0 Å². The van der Waals surface area contributed by atoms with E-state index in [0.717, 1.165) is 10.4 Å². The van der Waals surface area contributed by atoms with E-state index in [2.05, 4.69) is 20.4 Å². The van der Waals surface area contributed by atoms with Gasteiger partial charge in [-0.2, -0.15) is 9.78 Å². The van der Waals surface area contributed by atoms with E-state index in [0.29, 0.717) is 23.4 Å². The van der Waals surface area contributed by atoms with E-state index in [-0.39, 0.29) is 27.9 Å². The summed E-state index contributed by atoms with van der Waals surface area (Å²) in [5.74, 6) is -0.521. The normalized spacial score (nSPS) is 10.9. The van der Waals surface area contributed by atoms with Crippen LogP contribution in [0.4, 0.5) is 11.5 Å². The topological polar surface area (TPSA) is 136 Å². The first-order valence-corrected chi connectivity index (χ1v) is 12.6. The van der Waals surface area contributed by atoms with Gasteiger partial charge in [0.2, 0.25) is 5.95 Å². The lowest BCUT2D eigenvalue weighted by Crippen LogP contribution is -2.22. The van der Waals surface area contributed by atoms with E-state index < -0.39 is 16.5 Å². The van der Waals surface area contributed by atoms with Crippen LogP contribution in [-0.2, 0) is 6.42 Å². The lowest BCUT2D eigenvalue weighted by molar-refractivity contribution is -0.385. The monoisotopic (exact) mass is 546 g/mol. The van der Waals surface area contributed by atoms with Crippen molar-refractivity contribution in [1.82, 2.24) is 19.7 Å². The van der Waals surface area contributed by atoms with Gasteiger partial charge in [0.15, 0.2) is 0 Å². The minimum absolute atomic E-state index is 0.0861. The van der Waals surface area contributed by atoms with Gasteiger partial charge < -0.3 is 5.32 Å². The van der Waals surface area contributed by atoms with Crippen LogP contribution in [0.25, 0.3) is 16.5 Å². The fourth-order valence-electron chi connectivity index (χ4n) is 3.91. The zero-order valence-electron chi connectivity index (χ0n) is 19.8. The molecule has 0 radical (unpaired) electrons. The third-order valence-electron chi connectivity index (χ3n) is 5.76. The van der Waals surface area contributed by atoms with Crippen molar-refractivity contribution in [2.24, 2.45) is 0 Å². The number of thiophene rings is 1. The molecule has 5 aromatic rings. The molecule has 2 N–H and O–H groups in total. The summed E-state index contributed by atoms with van der Waals surface area (Å²) in [6, 6.07) is 18.6. The zero-order chi connectivity index (χ0) is 26.8.